The first-order valence-electron chi connectivity index (χ1n) is 10.1. The van der Waals surface area contributed by atoms with Crippen LogP contribution in [-0.4, -0.2) is 56.7 Å². The molecule has 0 aromatic carbocycles. The second kappa shape index (κ2) is 6.99. The lowest BCUT2D eigenvalue weighted by molar-refractivity contribution is -0.141. The van der Waals surface area contributed by atoms with Crippen LogP contribution in [0.25, 0.3) is 22.0 Å². The first-order valence-corrected chi connectivity index (χ1v) is 10.1. The van der Waals surface area contributed by atoms with E-state index in [4.69, 9.17) is 0 Å². The maximum Gasteiger partial charge on any atom is 0.141 e. The number of nitrogens with zero attached hydrogens (tertiary/aromatic N) is 5. The number of hydrogen-bond donors (Lipinski definition) is 0. The van der Waals surface area contributed by atoms with E-state index in [1.54, 1.807) is 17.1 Å². The average molecular weight is 393 g/mol. The topological polar surface area (TPSA) is 63.9 Å². The van der Waals surface area contributed by atoms with Gasteiger partial charge in [-0.25, -0.2) is 4.39 Å². The van der Waals surface area contributed by atoms with E-state index in [2.05, 4.69) is 20.0 Å². The van der Waals surface area contributed by atoms with Gasteiger partial charge < -0.3 is 0 Å². The molecule has 0 N–H and O–H groups in total. The summed E-state index contributed by atoms with van der Waals surface area (Å²) in [5.41, 5.74) is 2.90. The molecule has 0 unspecified atom stereocenters. The molecule has 7 heteroatoms. The predicted octanol–water partition coefficient (Wildman–Crippen LogP) is 2.82. The van der Waals surface area contributed by atoms with Gasteiger partial charge in [-0.05, 0) is 35.8 Å². The summed E-state index contributed by atoms with van der Waals surface area (Å²) in [6.07, 6.45) is 9.58. The van der Waals surface area contributed by atoms with Crippen LogP contribution >= 0.6 is 0 Å². The molecule has 3 aromatic heterocycles. The second-order valence-electron chi connectivity index (χ2n) is 8.64. The monoisotopic (exact) mass is 393 g/mol. The molecule has 150 valence electrons. The molecule has 0 bridgehead atoms. The fourth-order valence-corrected chi connectivity index (χ4v) is 4.87. The average Bonchev–Trinajstić information content (AvgIpc) is 3.08. The molecular weight excluding hydrogens is 369 g/mol. The Morgan fingerprint density at radius 2 is 1.97 bits per heavy atom. The number of pyridine rings is 2. The van der Waals surface area contributed by atoms with Crippen LogP contribution in [0.2, 0.25) is 0 Å². The molecular formula is C22H24FN5O. The van der Waals surface area contributed by atoms with Crippen molar-refractivity contribution in [1.82, 2.24) is 24.6 Å². The van der Waals surface area contributed by atoms with E-state index in [1.807, 2.05) is 31.6 Å². The maximum absolute atomic E-state index is 12.7. The number of hydrogen-bond acceptors (Lipinski definition) is 5. The lowest BCUT2D eigenvalue weighted by Gasteiger charge is -2.58. The van der Waals surface area contributed by atoms with Crippen molar-refractivity contribution in [2.24, 2.45) is 18.4 Å². The van der Waals surface area contributed by atoms with Crippen molar-refractivity contribution in [3.8, 4) is 11.3 Å². The smallest absolute Gasteiger partial charge is 0.141 e. The van der Waals surface area contributed by atoms with Crippen LogP contribution in [0.1, 0.15) is 18.5 Å². The van der Waals surface area contributed by atoms with E-state index in [-0.39, 0.29) is 23.8 Å². The van der Waals surface area contributed by atoms with Crippen LogP contribution in [0.5, 0.6) is 0 Å². The standard InChI is InChI=1S/C22H24FN5O/c1-27-12-18(11-26-27)20-5-15-4-19(24-9-17(15)10-25-20)6-21(29)16-7-22(8-16)13-28(14-22)3-2-23/h4-5,9-12,16H,2-3,6-8,13-14H2,1H3. The highest BCUT2D eigenvalue weighted by atomic mass is 19.1. The van der Waals surface area contributed by atoms with Crippen LogP contribution in [0.15, 0.2) is 36.9 Å². The van der Waals surface area contributed by atoms with E-state index in [9.17, 15) is 9.18 Å². The van der Waals surface area contributed by atoms with Crippen molar-refractivity contribution >= 4 is 16.6 Å². The Balaban J connectivity index is 1.25. The van der Waals surface area contributed by atoms with Crippen LogP contribution in [-0.2, 0) is 18.3 Å². The minimum Gasteiger partial charge on any atom is -0.300 e. The van der Waals surface area contributed by atoms with Gasteiger partial charge in [-0.2, -0.15) is 5.10 Å². The molecule has 2 aliphatic rings. The van der Waals surface area contributed by atoms with Crippen molar-refractivity contribution in [3.05, 3.63) is 42.6 Å². The number of Topliss-reactive ketones (excluding diaryl/α,β-unsaturated/α-hetero) is 1. The third-order valence-corrected chi connectivity index (χ3v) is 6.35. The van der Waals surface area contributed by atoms with Gasteiger partial charge in [-0.1, -0.05) is 0 Å². The molecule has 1 aliphatic carbocycles. The molecule has 1 spiro atoms. The summed E-state index contributed by atoms with van der Waals surface area (Å²) in [7, 11) is 1.88. The maximum atomic E-state index is 12.7. The molecule has 29 heavy (non-hydrogen) atoms. The van der Waals surface area contributed by atoms with Crippen LogP contribution < -0.4 is 0 Å². The Hall–Kier alpha value is -2.67. The fourth-order valence-electron chi connectivity index (χ4n) is 4.87. The zero-order chi connectivity index (χ0) is 20.0. The Bertz CT molecular complexity index is 1060. The number of halogens is 1. The van der Waals surface area contributed by atoms with E-state index < -0.39 is 0 Å². The summed E-state index contributed by atoms with van der Waals surface area (Å²) in [6, 6.07) is 4.02. The highest BCUT2D eigenvalue weighted by Crippen LogP contribution is 2.52. The Labute approximate surface area is 168 Å². The molecule has 5 rings (SSSR count). The summed E-state index contributed by atoms with van der Waals surface area (Å²) < 4.78 is 14.2. The van der Waals surface area contributed by atoms with Gasteiger partial charge in [-0.15, -0.1) is 0 Å². The lowest BCUT2D eigenvalue weighted by Crippen LogP contribution is -2.63. The highest BCUT2D eigenvalue weighted by Gasteiger charge is 2.53. The van der Waals surface area contributed by atoms with Gasteiger partial charge in [0.15, 0.2) is 0 Å². The summed E-state index contributed by atoms with van der Waals surface area (Å²) in [5.74, 6) is 0.399. The van der Waals surface area contributed by atoms with Crippen LogP contribution in [0, 0.1) is 11.3 Å². The highest BCUT2D eigenvalue weighted by molar-refractivity contribution is 5.87. The van der Waals surface area contributed by atoms with E-state index in [0.29, 0.717) is 13.0 Å². The van der Waals surface area contributed by atoms with Gasteiger partial charge in [0.05, 0.1) is 11.9 Å². The van der Waals surface area contributed by atoms with E-state index >= 15 is 0 Å². The molecule has 2 fully saturated rings. The lowest BCUT2D eigenvalue weighted by atomic mass is 9.56. The minimum atomic E-state index is -0.288. The molecule has 6 nitrogen and oxygen atoms in total. The van der Waals surface area contributed by atoms with Gasteiger partial charge in [-0.3, -0.25) is 24.3 Å². The normalized spacial score (nSPS) is 18.7. The minimum absolute atomic E-state index is 0.128. The summed E-state index contributed by atoms with van der Waals surface area (Å²) in [5, 5.41) is 6.19. The van der Waals surface area contributed by atoms with Gasteiger partial charge in [0.2, 0.25) is 0 Å². The van der Waals surface area contributed by atoms with E-state index in [1.165, 1.54) is 0 Å². The van der Waals surface area contributed by atoms with Crippen molar-refractivity contribution in [2.45, 2.75) is 19.3 Å². The van der Waals surface area contributed by atoms with Crippen LogP contribution in [0.3, 0.4) is 0 Å². The molecule has 0 amide bonds. The third kappa shape index (κ3) is 3.44. The van der Waals surface area contributed by atoms with Gasteiger partial charge >= 0.3 is 0 Å². The number of ketones is 1. The number of rotatable bonds is 6. The fraction of sp³-hybridized carbons (Fsp3) is 0.455. The van der Waals surface area contributed by atoms with E-state index in [0.717, 1.165) is 53.7 Å². The first kappa shape index (κ1) is 18.4. The van der Waals surface area contributed by atoms with Gasteiger partial charge in [0.1, 0.15) is 12.5 Å². The Kier molecular flexibility index (Phi) is 4.42. The zero-order valence-electron chi connectivity index (χ0n) is 16.5. The second-order valence-corrected chi connectivity index (χ2v) is 8.64. The Morgan fingerprint density at radius 3 is 2.69 bits per heavy atom. The molecule has 1 aliphatic heterocycles. The third-order valence-electron chi connectivity index (χ3n) is 6.35. The summed E-state index contributed by atoms with van der Waals surface area (Å²) in [6.45, 7) is 2.12. The summed E-state index contributed by atoms with van der Waals surface area (Å²) in [4.78, 5) is 23.8. The van der Waals surface area contributed by atoms with Crippen molar-refractivity contribution in [1.29, 1.82) is 0 Å². The number of alkyl halides is 1. The molecule has 0 radical (unpaired) electrons. The number of carbonyl (C=O) groups is 1. The predicted molar refractivity (Wildman–Crippen MR) is 108 cm³/mol. The first-order chi connectivity index (χ1) is 14.0. The molecule has 4 heterocycles. The molecule has 1 saturated carbocycles. The number of aryl methyl sites for hydroxylation is 1. The number of carbonyl (C=O) groups excluding carboxylic acids is 1. The summed E-state index contributed by atoms with van der Waals surface area (Å²) >= 11 is 0. The quantitative estimate of drug-likeness (QED) is 0.644. The van der Waals surface area contributed by atoms with Crippen LogP contribution in [0.4, 0.5) is 4.39 Å². The molecule has 1 saturated heterocycles. The van der Waals surface area contributed by atoms with Gasteiger partial charge in [0.25, 0.3) is 0 Å². The number of aromatic nitrogens is 4. The van der Waals surface area contributed by atoms with Crippen molar-refractivity contribution in [3.63, 3.8) is 0 Å². The molecule has 3 aromatic rings. The largest absolute Gasteiger partial charge is 0.300 e. The Morgan fingerprint density at radius 1 is 1.17 bits per heavy atom. The number of fused-ring (bicyclic) bond motifs is 1. The molecule has 0 atom stereocenters. The van der Waals surface area contributed by atoms with Crippen molar-refractivity contribution in [2.75, 3.05) is 26.3 Å². The SMILES string of the molecule is Cn1cc(-c2cc3cc(CC(=O)C4CC5(C4)CN(CCF)C5)ncc3cn2)cn1. The van der Waals surface area contributed by atoms with Crippen molar-refractivity contribution < 1.29 is 9.18 Å². The van der Waals surface area contributed by atoms with Gasteiger partial charge in [0, 0.05) is 74.3 Å². The number of likely N-dealkylation sites (tertiary alicyclic amines) is 1. The zero-order valence-corrected chi connectivity index (χ0v) is 16.5.